The van der Waals surface area contributed by atoms with Gasteiger partial charge in [0.25, 0.3) is 0 Å². The maximum absolute atomic E-state index is 3.46. The summed E-state index contributed by atoms with van der Waals surface area (Å²) in [5.74, 6) is 0. The normalized spacial score (nSPS) is 8.25. The topological polar surface area (TPSA) is 12.0 Å². The molecule has 0 saturated heterocycles. The smallest absolute Gasteiger partial charge is 0.000733 e. The van der Waals surface area contributed by atoms with Gasteiger partial charge in [-0.2, -0.15) is 0 Å². The van der Waals surface area contributed by atoms with Crippen LogP contribution in [0, 0.1) is 0 Å². The minimum Gasteiger partial charge on any atom is -0.318 e. The van der Waals surface area contributed by atoms with Crippen molar-refractivity contribution in [3.05, 3.63) is 24.8 Å². The van der Waals surface area contributed by atoms with Crippen molar-refractivity contribution in [2.45, 2.75) is 40.7 Å². The van der Waals surface area contributed by atoms with Gasteiger partial charge in [0, 0.05) is 6.04 Å². The van der Waals surface area contributed by atoms with Gasteiger partial charge in [-0.25, -0.2) is 0 Å². The third kappa shape index (κ3) is 56.8. The first-order valence-corrected chi connectivity index (χ1v) is 4.60. The molecule has 0 amide bonds. The van der Waals surface area contributed by atoms with Crippen molar-refractivity contribution >= 4 is 0 Å². The number of allylic oxidation sites excluding steroid dienone is 3. The third-order valence-corrected chi connectivity index (χ3v) is 0.906. The average Bonchev–Trinajstić information content (AvgIpc) is 2.10. The van der Waals surface area contributed by atoms with Crippen LogP contribution >= 0.6 is 0 Å². The van der Waals surface area contributed by atoms with E-state index in [-0.39, 0.29) is 0 Å². The Bertz CT molecular complexity index is 83.0. The lowest BCUT2D eigenvalue weighted by Gasteiger charge is -1.95. The molecule has 0 aliphatic heterocycles. The van der Waals surface area contributed by atoms with Crippen LogP contribution in [0.5, 0.6) is 0 Å². The zero-order valence-electron chi connectivity index (χ0n) is 9.52. The Labute approximate surface area is 78.6 Å². The standard InChI is InChI=1S/C5H8.C4H11N.C2H6/c1-3-5-4-2;1-4(2)5-3;1-2/h3-5H,1H2,2H3;4-5H,1-3H3;1-2H3/b5-4-;;. The van der Waals surface area contributed by atoms with Gasteiger partial charge < -0.3 is 5.32 Å². The molecule has 0 saturated carbocycles. The van der Waals surface area contributed by atoms with E-state index in [0.717, 1.165) is 0 Å². The highest BCUT2D eigenvalue weighted by Gasteiger charge is 1.76. The zero-order chi connectivity index (χ0) is 10.4. The molecule has 0 heterocycles. The van der Waals surface area contributed by atoms with Crippen molar-refractivity contribution in [3.63, 3.8) is 0 Å². The van der Waals surface area contributed by atoms with Crippen molar-refractivity contribution in [2.75, 3.05) is 7.05 Å². The highest BCUT2D eigenvalue weighted by Crippen LogP contribution is 1.66. The molecule has 12 heavy (non-hydrogen) atoms. The summed E-state index contributed by atoms with van der Waals surface area (Å²) in [6.45, 7) is 13.6. The molecule has 0 unspecified atom stereocenters. The lowest BCUT2D eigenvalue weighted by molar-refractivity contribution is 0.668. The molecule has 1 nitrogen and oxygen atoms in total. The molecule has 0 bridgehead atoms. The van der Waals surface area contributed by atoms with Gasteiger partial charge >= 0.3 is 0 Å². The molecule has 0 aliphatic rings. The number of hydrogen-bond donors (Lipinski definition) is 1. The van der Waals surface area contributed by atoms with Crippen LogP contribution in [0.15, 0.2) is 24.8 Å². The molecular formula is C11H25N. The fourth-order valence-electron chi connectivity index (χ4n) is 0.136. The summed E-state index contributed by atoms with van der Waals surface area (Å²) in [6.07, 6.45) is 5.58. The summed E-state index contributed by atoms with van der Waals surface area (Å²) in [5, 5.41) is 3.03. The molecule has 0 aromatic heterocycles. The Balaban J connectivity index is -0.000000112. The Kier molecular flexibility index (Phi) is 32.7. The van der Waals surface area contributed by atoms with Crippen LogP contribution in [0.2, 0.25) is 0 Å². The second-order valence-electron chi connectivity index (χ2n) is 2.20. The van der Waals surface area contributed by atoms with Gasteiger partial charge in [0.15, 0.2) is 0 Å². The molecule has 0 spiro atoms. The van der Waals surface area contributed by atoms with Gasteiger partial charge in [-0.1, -0.05) is 52.5 Å². The monoisotopic (exact) mass is 171 g/mol. The van der Waals surface area contributed by atoms with Crippen LogP contribution in [0.4, 0.5) is 0 Å². The van der Waals surface area contributed by atoms with E-state index in [0.29, 0.717) is 6.04 Å². The first kappa shape index (κ1) is 17.5. The van der Waals surface area contributed by atoms with Crippen LogP contribution in [0.3, 0.4) is 0 Å². The van der Waals surface area contributed by atoms with Gasteiger partial charge in [0.2, 0.25) is 0 Å². The predicted octanol–water partition coefficient (Wildman–Crippen LogP) is 3.39. The Morgan fingerprint density at radius 2 is 1.58 bits per heavy atom. The van der Waals surface area contributed by atoms with Crippen LogP contribution in [-0.2, 0) is 0 Å². The first-order chi connectivity index (χ1) is 5.68. The Hall–Kier alpha value is -0.560. The molecule has 0 aliphatic carbocycles. The molecular weight excluding hydrogens is 146 g/mol. The summed E-state index contributed by atoms with van der Waals surface area (Å²) >= 11 is 0. The largest absolute Gasteiger partial charge is 0.318 e. The van der Waals surface area contributed by atoms with Crippen LogP contribution in [0.1, 0.15) is 34.6 Å². The van der Waals surface area contributed by atoms with E-state index in [1.807, 2.05) is 40.0 Å². The fourth-order valence-corrected chi connectivity index (χ4v) is 0.136. The summed E-state index contributed by atoms with van der Waals surface area (Å²) in [6, 6.07) is 0.634. The first-order valence-electron chi connectivity index (χ1n) is 4.60. The number of rotatable bonds is 2. The van der Waals surface area contributed by atoms with E-state index in [1.54, 1.807) is 6.08 Å². The summed E-state index contributed by atoms with van der Waals surface area (Å²) in [7, 11) is 1.95. The molecule has 1 N–H and O–H groups in total. The van der Waals surface area contributed by atoms with Crippen LogP contribution < -0.4 is 5.32 Å². The average molecular weight is 171 g/mol. The van der Waals surface area contributed by atoms with Gasteiger partial charge in [-0.3, -0.25) is 0 Å². The van der Waals surface area contributed by atoms with E-state index < -0.39 is 0 Å². The van der Waals surface area contributed by atoms with E-state index >= 15 is 0 Å². The van der Waals surface area contributed by atoms with E-state index in [9.17, 15) is 0 Å². The second-order valence-corrected chi connectivity index (χ2v) is 2.20. The van der Waals surface area contributed by atoms with Crippen molar-refractivity contribution < 1.29 is 0 Å². The molecule has 0 atom stereocenters. The lowest BCUT2D eigenvalue weighted by Crippen LogP contribution is -2.15. The SMILES string of the molecule is C=C/C=C\C.CC.CNC(C)C. The van der Waals surface area contributed by atoms with Crippen molar-refractivity contribution in [3.8, 4) is 0 Å². The maximum atomic E-state index is 3.46. The minimum absolute atomic E-state index is 0.634. The highest BCUT2D eigenvalue weighted by molar-refractivity contribution is 4.94. The second kappa shape index (κ2) is 22.4. The molecule has 0 aromatic carbocycles. The highest BCUT2D eigenvalue weighted by atomic mass is 14.8. The summed E-state index contributed by atoms with van der Waals surface area (Å²) in [5.41, 5.74) is 0. The van der Waals surface area contributed by atoms with E-state index in [4.69, 9.17) is 0 Å². The quantitative estimate of drug-likeness (QED) is 0.628. The Morgan fingerprint density at radius 1 is 1.25 bits per heavy atom. The van der Waals surface area contributed by atoms with E-state index in [2.05, 4.69) is 25.7 Å². The third-order valence-electron chi connectivity index (χ3n) is 0.906. The van der Waals surface area contributed by atoms with Gasteiger partial charge in [-0.05, 0) is 14.0 Å². The summed E-state index contributed by atoms with van der Waals surface area (Å²) in [4.78, 5) is 0. The van der Waals surface area contributed by atoms with Crippen molar-refractivity contribution in [1.29, 1.82) is 0 Å². The fraction of sp³-hybridized carbons (Fsp3) is 0.636. The van der Waals surface area contributed by atoms with Crippen molar-refractivity contribution in [2.24, 2.45) is 0 Å². The molecule has 1 heteroatoms. The molecule has 0 fully saturated rings. The predicted molar refractivity (Wildman–Crippen MR) is 60.6 cm³/mol. The van der Waals surface area contributed by atoms with Gasteiger partial charge in [0.1, 0.15) is 0 Å². The van der Waals surface area contributed by atoms with E-state index in [1.165, 1.54) is 0 Å². The Morgan fingerprint density at radius 3 is 1.58 bits per heavy atom. The molecule has 0 aromatic rings. The lowest BCUT2D eigenvalue weighted by atomic mass is 10.4. The number of nitrogens with one attached hydrogen (secondary N) is 1. The maximum Gasteiger partial charge on any atom is 0.000733 e. The molecule has 0 radical (unpaired) electrons. The summed E-state index contributed by atoms with van der Waals surface area (Å²) < 4.78 is 0. The van der Waals surface area contributed by atoms with Crippen LogP contribution in [-0.4, -0.2) is 13.1 Å². The van der Waals surface area contributed by atoms with Crippen LogP contribution in [0.25, 0.3) is 0 Å². The minimum atomic E-state index is 0.634. The molecule has 0 rings (SSSR count). The zero-order valence-corrected chi connectivity index (χ0v) is 9.52. The van der Waals surface area contributed by atoms with Gasteiger partial charge in [0.05, 0.1) is 0 Å². The van der Waals surface area contributed by atoms with Gasteiger partial charge in [-0.15, -0.1) is 0 Å². The molecule has 74 valence electrons. The van der Waals surface area contributed by atoms with Crippen molar-refractivity contribution in [1.82, 2.24) is 5.32 Å². The number of hydrogen-bond acceptors (Lipinski definition) is 1.